The molecule has 0 rings (SSSR count). The average Bonchev–Trinajstić information content (AvgIpc) is 1.68. The predicted molar refractivity (Wildman–Crippen MR) is 37.1 cm³/mol. The summed E-state index contributed by atoms with van der Waals surface area (Å²) in [5.41, 5.74) is 2.86. The van der Waals surface area contributed by atoms with Crippen molar-refractivity contribution in [2.75, 3.05) is 0 Å². The van der Waals surface area contributed by atoms with E-state index < -0.39 is 0 Å². The molecule has 1 unspecified atom stereocenters. The summed E-state index contributed by atoms with van der Waals surface area (Å²) in [6.45, 7) is 7.57. The van der Waals surface area contributed by atoms with Crippen LogP contribution in [0.4, 0.5) is 0 Å². The van der Waals surface area contributed by atoms with E-state index in [1.165, 1.54) is 12.8 Å². The molecule has 0 aliphatic heterocycles. The maximum absolute atomic E-state index is 3.55. The van der Waals surface area contributed by atoms with Crippen LogP contribution in [0, 0.1) is 0 Å². The van der Waals surface area contributed by atoms with Gasteiger partial charge in [-0.3, -0.25) is 0 Å². The van der Waals surface area contributed by atoms with Crippen molar-refractivity contribution in [1.82, 2.24) is 5.43 Å². The zero-order valence-electron chi connectivity index (χ0n) is 5.65. The Morgan fingerprint density at radius 3 is 2.75 bits per heavy atom. The Labute approximate surface area is 51.0 Å². The van der Waals surface area contributed by atoms with Gasteiger partial charge in [-0.05, 0) is 13.3 Å². The molecule has 0 amide bonds. The summed E-state index contributed by atoms with van der Waals surface area (Å²) in [5, 5.41) is 3.55. The van der Waals surface area contributed by atoms with Gasteiger partial charge in [0, 0.05) is 12.8 Å². The lowest BCUT2D eigenvalue weighted by Gasteiger charge is -2.06. The topological polar surface area (TPSA) is 24.4 Å². The first kappa shape index (κ1) is 7.47. The van der Waals surface area contributed by atoms with E-state index in [0.717, 1.165) is 0 Å². The summed E-state index contributed by atoms with van der Waals surface area (Å²) >= 11 is 0. The van der Waals surface area contributed by atoms with E-state index in [1.807, 2.05) is 0 Å². The molecular weight excluding hydrogens is 100 g/mol. The fourth-order valence-electron chi connectivity index (χ4n) is 0.653. The number of rotatable bonds is 4. The third kappa shape index (κ3) is 3.65. The van der Waals surface area contributed by atoms with Gasteiger partial charge in [-0.25, -0.2) is 0 Å². The van der Waals surface area contributed by atoms with Crippen LogP contribution in [0.5, 0.6) is 0 Å². The summed E-state index contributed by atoms with van der Waals surface area (Å²) in [6, 6.07) is 0.484. The molecule has 0 radical (unpaired) electrons. The summed E-state index contributed by atoms with van der Waals surface area (Å²) in [7, 11) is 0. The Kier molecular flexibility index (Phi) is 4.32. The van der Waals surface area contributed by atoms with Crippen molar-refractivity contribution >= 4 is 6.72 Å². The van der Waals surface area contributed by atoms with Gasteiger partial charge < -0.3 is 5.43 Å². The molecule has 0 bridgehead atoms. The average molecular weight is 114 g/mol. The maximum atomic E-state index is 3.55. The largest absolute Gasteiger partial charge is 0.308 e. The molecule has 0 heterocycles. The van der Waals surface area contributed by atoms with E-state index in [2.05, 4.69) is 31.1 Å². The molecule has 2 heteroatoms. The van der Waals surface area contributed by atoms with Gasteiger partial charge in [-0.15, -0.1) is 0 Å². The molecular formula is C6H14N2. The van der Waals surface area contributed by atoms with Gasteiger partial charge in [-0.2, -0.15) is 5.10 Å². The SMILES string of the molecule is C=NNC(C)CCC. The Bertz CT molecular complexity index is 61.5. The lowest BCUT2D eigenvalue weighted by molar-refractivity contribution is 0.530. The third-order valence-corrected chi connectivity index (χ3v) is 1.03. The van der Waals surface area contributed by atoms with Crippen LogP contribution < -0.4 is 5.43 Å². The molecule has 1 N–H and O–H groups in total. The summed E-state index contributed by atoms with van der Waals surface area (Å²) in [4.78, 5) is 0. The van der Waals surface area contributed by atoms with E-state index in [4.69, 9.17) is 0 Å². The monoisotopic (exact) mass is 114 g/mol. The molecule has 0 aliphatic carbocycles. The Morgan fingerprint density at radius 1 is 1.75 bits per heavy atom. The molecule has 0 spiro atoms. The molecule has 2 nitrogen and oxygen atoms in total. The van der Waals surface area contributed by atoms with Crippen molar-refractivity contribution in [3.05, 3.63) is 0 Å². The number of hydrogen-bond donors (Lipinski definition) is 1. The normalized spacial score (nSPS) is 12.8. The Hall–Kier alpha value is -0.530. The Morgan fingerprint density at radius 2 is 2.38 bits per heavy atom. The van der Waals surface area contributed by atoms with E-state index in [1.54, 1.807) is 0 Å². The highest BCUT2D eigenvalue weighted by Gasteiger charge is 1.93. The highest BCUT2D eigenvalue weighted by molar-refractivity contribution is 5.22. The minimum atomic E-state index is 0.484. The second kappa shape index (κ2) is 4.62. The van der Waals surface area contributed by atoms with Gasteiger partial charge in [0.05, 0.1) is 0 Å². The highest BCUT2D eigenvalue weighted by atomic mass is 15.3. The number of nitrogens with zero attached hydrogens (tertiary/aromatic N) is 1. The number of nitrogens with one attached hydrogen (secondary N) is 1. The van der Waals surface area contributed by atoms with Crippen molar-refractivity contribution in [2.45, 2.75) is 32.7 Å². The summed E-state index contributed by atoms with van der Waals surface area (Å²) in [5.74, 6) is 0. The van der Waals surface area contributed by atoms with Crippen molar-refractivity contribution in [2.24, 2.45) is 5.10 Å². The standard InChI is InChI=1S/C6H14N2/c1-4-5-6(2)8-7-3/h6,8H,3-5H2,1-2H3. The van der Waals surface area contributed by atoms with Crippen LogP contribution in [-0.4, -0.2) is 12.8 Å². The fraction of sp³-hybridized carbons (Fsp3) is 0.833. The molecule has 0 fully saturated rings. The van der Waals surface area contributed by atoms with Gasteiger partial charge in [0.25, 0.3) is 0 Å². The molecule has 48 valence electrons. The van der Waals surface area contributed by atoms with Crippen LogP contribution in [0.3, 0.4) is 0 Å². The Balaban J connectivity index is 3.03. The lowest BCUT2D eigenvalue weighted by atomic mass is 10.2. The van der Waals surface area contributed by atoms with Gasteiger partial charge >= 0.3 is 0 Å². The lowest BCUT2D eigenvalue weighted by Crippen LogP contribution is -2.19. The molecule has 0 aromatic rings. The highest BCUT2D eigenvalue weighted by Crippen LogP contribution is 1.92. The molecule has 0 saturated carbocycles. The minimum Gasteiger partial charge on any atom is -0.308 e. The molecule has 0 aromatic carbocycles. The van der Waals surface area contributed by atoms with E-state index >= 15 is 0 Å². The van der Waals surface area contributed by atoms with Crippen molar-refractivity contribution in [3.8, 4) is 0 Å². The van der Waals surface area contributed by atoms with Crippen LogP contribution in [0.25, 0.3) is 0 Å². The fourth-order valence-corrected chi connectivity index (χ4v) is 0.653. The van der Waals surface area contributed by atoms with Crippen LogP contribution >= 0.6 is 0 Å². The first-order valence-corrected chi connectivity index (χ1v) is 3.02. The van der Waals surface area contributed by atoms with Gasteiger partial charge in [0.1, 0.15) is 0 Å². The van der Waals surface area contributed by atoms with Crippen molar-refractivity contribution < 1.29 is 0 Å². The van der Waals surface area contributed by atoms with Crippen molar-refractivity contribution in [1.29, 1.82) is 0 Å². The summed E-state index contributed by atoms with van der Waals surface area (Å²) < 4.78 is 0. The van der Waals surface area contributed by atoms with Crippen LogP contribution in [0.2, 0.25) is 0 Å². The molecule has 8 heavy (non-hydrogen) atoms. The number of hydrazone groups is 1. The quantitative estimate of drug-likeness (QED) is 0.433. The van der Waals surface area contributed by atoms with Gasteiger partial charge in [0.15, 0.2) is 0 Å². The van der Waals surface area contributed by atoms with Crippen LogP contribution in [0.1, 0.15) is 26.7 Å². The van der Waals surface area contributed by atoms with Crippen LogP contribution in [0.15, 0.2) is 5.10 Å². The molecule has 0 aromatic heterocycles. The van der Waals surface area contributed by atoms with E-state index in [0.29, 0.717) is 6.04 Å². The molecule has 0 saturated heterocycles. The third-order valence-electron chi connectivity index (χ3n) is 1.03. The smallest absolute Gasteiger partial charge is 0.0411 e. The first-order valence-electron chi connectivity index (χ1n) is 3.02. The second-order valence-electron chi connectivity index (χ2n) is 1.98. The van der Waals surface area contributed by atoms with Crippen LogP contribution in [-0.2, 0) is 0 Å². The van der Waals surface area contributed by atoms with E-state index in [9.17, 15) is 0 Å². The second-order valence-corrected chi connectivity index (χ2v) is 1.98. The predicted octanol–water partition coefficient (Wildman–Crippen LogP) is 1.38. The van der Waals surface area contributed by atoms with E-state index in [-0.39, 0.29) is 0 Å². The zero-order valence-corrected chi connectivity index (χ0v) is 5.65. The van der Waals surface area contributed by atoms with Gasteiger partial charge in [0.2, 0.25) is 0 Å². The molecule has 0 aliphatic rings. The first-order chi connectivity index (χ1) is 3.81. The zero-order chi connectivity index (χ0) is 6.41. The minimum absolute atomic E-state index is 0.484. The maximum Gasteiger partial charge on any atom is 0.0411 e. The van der Waals surface area contributed by atoms with Crippen molar-refractivity contribution in [3.63, 3.8) is 0 Å². The summed E-state index contributed by atoms with van der Waals surface area (Å²) in [6.07, 6.45) is 2.36. The molecule has 1 atom stereocenters. The number of hydrogen-bond acceptors (Lipinski definition) is 2. The van der Waals surface area contributed by atoms with Gasteiger partial charge in [-0.1, -0.05) is 13.3 Å².